The Morgan fingerprint density at radius 2 is 1.73 bits per heavy atom. The first kappa shape index (κ1) is 23.4. The molecule has 0 spiro atoms. The smallest absolute Gasteiger partial charge is 0.243 e. The van der Waals surface area contributed by atoms with Crippen molar-refractivity contribution in [2.75, 3.05) is 38.2 Å². The van der Waals surface area contributed by atoms with Crippen molar-refractivity contribution in [1.29, 1.82) is 0 Å². The van der Waals surface area contributed by atoms with E-state index in [9.17, 15) is 18.0 Å². The minimum absolute atomic E-state index is 0.0715. The Bertz CT molecular complexity index is 1110. The molecule has 33 heavy (non-hydrogen) atoms. The van der Waals surface area contributed by atoms with E-state index in [0.29, 0.717) is 51.4 Å². The Morgan fingerprint density at radius 3 is 2.42 bits per heavy atom. The fraction of sp³-hybridized carbons (Fsp3) is 0.417. The van der Waals surface area contributed by atoms with Crippen molar-refractivity contribution in [2.45, 2.75) is 37.1 Å². The summed E-state index contributed by atoms with van der Waals surface area (Å²) < 4.78 is 34.1. The van der Waals surface area contributed by atoms with Crippen LogP contribution >= 0.6 is 0 Å². The number of rotatable bonds is 6. The summed E-state index contributed by atoms with van der Waals surface area (Å²) in [6.07, 6.45) is 1.01. The summed E-state index contributed by atoms with van der Waals surface area (Å²) in [6, 6.07) is 13.3. The van der Waals surface area contributed by atoms with Crippen LogP contribution in [0.15, 0.2) is 53.4 Å². The van der Waals surface area contributed by atoms with Crippen molar-refractivity contribution < 1.29 is 22.7 Å². The Balaban J connectivity index is 1.62. The van der Waals surface area contributed by atoms with E-state index in [4.69, 9.17) is 4.74 Å². The van der Waals surface area contributed by atoms with Crippen molar-refractivity contribution in [3.05, 3.63) is 59.7 Å². The van der Waals surface area contributed by atoms with Crippen molar-refractivity contribution in [3.8, 4) is 0 Å². The zero-order valence-electron chi connectivity index (χ0n) is 18.7. The van der Waals surface area contributed by atoms with Crippen molar-refractivity contribution in [3.63, 3.8) is 0 Å². The van der Waals surface area contributed by atoms with Gasteiger partial charge in [-0.2, -0.15) is 4.31 Å². The fourth-order valence-corrected chi connectivity index (χ4v) is 5.94. The van der Waals surface area contributed by atoms with E-state index >= 15 is 0 Å². The summed E-state index contributed by atoms with van der Waals surface area (Å²) in [6.45, 7) is 4.08. The average molecular weight is 472 g/mol. The highest BCUT2D eigenvalue weighted by atomic mass is 32.2. The molecule has 0 saturated carbocycles. The second kappa shape index (κ2) is 10.0. The summed E-state index contributed by atoms with van der Waals surface area (Å²) in [5.41, 5.74) is 2.49. The number of benzene rings is 2. The number of nitrogens with one attached hydrogen (secondary N) is 1. The largest absolute Gasteiger partial charge is 0.378 e. The number of sulfonamides is 1. The lowest BCUT2D eigenvalue weighted by atomic mass is 9.92. The summed E-state index contributed by atoms with van der Waals surface area (Å²) >= 11 is 0. The molecule has 2 aliphatic rings. The minimum atomic E-state index is -3.86. The Kier molecular flexibility index (Phi) is 7.11. The molecule has 2 heterocycles. The molecule has 2 aromatic rings. The topological polar surface area (TPSA) is 96.0 Å². The highest BCUT2D eigenvalue weighted by Crippen LogP contribution is 2.37. The van der Waals surface area contributed by atoms with E-state index in [1.165, 1.54) is 16.4 Å². The second-order valence-corrected chi connectivity index (χ2v) is 10.1. The maximum absolute atomic E-state index is 13.6. The van der Waals surface area contributed by atoms with Gasteiger partial charge in [-0.05, 0) is 41.8 Å². The molecule has 1 fully saturated rings. The SMILES string of the molecule is CCC(=O)Nc1ccc(S(=O)(=O)N2CCc3ccccc3[C@H]2CC(=O)N2CCOCC2)cc1. The Morgan fingerprint density at radius 1 is 1.03 bits per heavy atom. The first-order valence-electron chi connectivity index (χ1n) is 11.2. The van der Waals surface area contributed by atoms with Crippen LogP contribution in [0, 0.1) is 0 Å². The predicted molar refractivity (Wildman–Crippen MR) is 124 cm³/mol. The lowest BCUT2D eigenvalue weighted by Gasteiger charge is -2.37. The molecule has 0 bridgehead atoms. The van der Waals surface area contributed by atoms with Gasteiger partial charge in [0.05, 0.1) is 24.2 Å². The van der Waals surface area contributed by atoms with Crippen LogP contribution in [0.3, 0.4) is 0 Å². The summed E-state index contributed by atoms with van der Waals surface area (Å²) in [7, 11) is -3.86. The van der Waals surface area contributed by atoms with Gasteiger partial charge in [0.1, 0.15) is 0 Å². The molecule has 2 aliphatic heterocycles. The van der Waals surface area contributed by atoms with Gasteiger partial charge in [-0.25, -0.2) is 8.42 Å². The average Bonchev–Trinajstić information content (AvgIpc) is 2.84. The number of hydrogen-bond acceptors (Lipinski definition) is 5. The highest BCUT2D eigenvalue weighted by molar-refractivity contribution is 7.89. The molecule has 0 aliphatic carbocycles. The number of ether oxygens (including phenoxy) is 1. The summed E-state index contributed by atoms with van der Waals surface area (Å²) in [5, 5.41) is 2.73. The molecule has 0 radical (unpaired) electrons. The molecule has 1 saturated heterocycles. The number of carbonyl (C=O) groups excluding carboxylic acids is 2. The maximum atomic E-state index is 13.6. The zero-order valence-corrected chi connectivity index (χ0v) is 19.5. The predicted octanol–water partition coefficient (Wildman–Crippen LogP) is 2.57. The molecule has 2 amide bonds. The molecule has 4 rings (SSSR count). The summed E-state index contributed by atoms with van der Waals surface area (Å²) in [5.74, 6) is -0.210. The van der Waals surface area contributed by atoms with Crippen molar-refractivity contribution >= 4 is 27.5 Å². The molecule has 1 atom stereocenters. The van der Waals surface area contributed by atoms with E-state index in [-0.39, 0.29) is 23.1 Å². The van der Waals surface area contributed by atoms with Gasteiger partial charge in [0, 0.05) is 38.2 Å². The third-order valence-electron chi connectivity index (χ3n) is 6.16. The standard InChI is InChI=1S/C24H29N3O5S/c1-2-23(28)25-19-7-9-20(10-8-19)33(30,31)27-12-11-18-5-3-4-6-21(18)22(27)17-24(29)26-13-15-32-16-14-26/h3-10,22H,2,11-17H2,1H3,(H,25,28)/t22-/m1/s1. The molecule has 0 aromatic heterocycles. The number of fused-ring (bicyclic) bond motifs is 1. The highest BCUT2D eigenvalue weighted by Gasteiger charge is 2.38. The van der Waals surface area contributed by atoms with Crippen LogP contribution in [-0.4, -0.2) is 62.3 Å². The monoisotopic (exact) mass is 471 g/mol. The van der Waals surface area contributed by atoms with Crippen molar-refractivity contribution in [1.82, 2.24) is 9.21 Å². The number of anilines is 1. The van der Waals surface area contributed by atoms with Crippen molar-refractivity contribution in [2.24, 2.45) is 0 Å². The van der Waals surface area contributed by atoms with Crippen LogP contribution in [-0.2, 0) is 30.8 Å². The fourth-order valence-electron chi connectivity index (χ4n) is 4.33. The lowest BCUT2D eigenvalue weighted by Crippen LogP contribution is -2.45. The van der Waals surface area contributed by atoms with Crippen LogP contribution in [0.2, 0.25) is 0 Å². The van der Waals surface area contributed by atoms with Crippen LogP contribution in [0.1, 0.15) is 36.9 Å². The number of amides is 2. The number of carbonyl (C=O) groups is 2. The molecular formula is C24H29N3O5S. The number of hydrogen-bond donors (Lipinski definition) is 1. The Labute approximate surface area is 194 Å². The maximum Gasteiger partial charge on any atom is 0.243 e. The number of nitrogens with zero attached hydrogens (tertiary/aromatic N) is 2. The third-order valence-corrected chi connectivity index (χ3v) is 8.08. The summed E-state index contributed by atoms with van der Waals surface area (Å²) in [4.78, 5) is 26.6. The number of morpholine rings is 1. The van der Waals surface area contributed by atoms with Gasteiger partial charge in [-0.1, -0.05) is 31.2 Å². The van der Waals surface area contributed by atoms with Gasteiger partial charge in [0.15, 0.2) is 0 Å². The first-order valence-corrected chi connectivity index (χ1v) is 12.7. The normalized spacial score (nSPS) is 19.1. The van der Waals surface area contributed by atoms with Gasteiger partial charge in [-0.15, -0.1) is 0 Å². The minimum Gasteiger partial charge on any atom is -0.378 e. The quantitative estimate of drug-likeness (QED) is 0.699. The molecule has 1 N–H and O–H groups in total. The lowest BCUT2D eigenvalue weighted by molar-refractivity contribution is -0.136. The van der Waals surface area contributed by atoms with E-state index in [2.05, 4.69) is 5.32 Å². The molecule has 9 heteroatoms. The van der Waals surface area contributed by atoms with Gasteiger partial charge in [0.25, 0.3) is 0 Å². The van der Waals surface area contributed by atoms with E-state index < -0.39 is 16.1 Å². The van der Waals surface area contributed by atoms with Gasteiger partial charge in [0.2, 0.25) is 21.8 Å². The van der Waals surface area contributed by atoms with E-state index in [0.717, 1.165) is 11.1 Å². The third kappa shape index (κ3) is 5.10. The van der Waals surface area contributed by atoms with Crippen LogP contribution in [0.25, 0.3) is 0 Å². The van der Waals surface area contributed by atoms with Crippen LogP contribution in [0.5, 0.6) is 0 Å². The molecular weight excluding hydrogens is 442 g/mol. The van der Waals surface area contributed by atoms with Gasteiger partial charge < -0.3 is 15.0 Å². The molecule has 0 unspecified atom stereocenters. The van der Waals surface area contributed by atoms with E-state index in [1.54, 1.807) is 24.0 Å². The zero-order chi connectivity index (χ0) is 23.4. The van der Waals surface area contributed by atoms with Gasteiger partial charge in [-0.3, -0.25) is 9.59 Å². The second-order valence-electron chi connectivity index (χ2n) is 8.20. The van der Waals surface area contributed by atoms with Crippen LogP contribution < -0.4 is 5.32 Å². The van der Waals surface area contributed by atoms with Gasteiger partial charge >= 0.3 is 0 Å². The molecule has 8 nitrogen and oxygen atoms in total. The molecule has 2 aromatic carbocycles. The first-order chi connectivity index (χ1) is 15.9. The molecule has 176 valence electrons. The van der Waals surface area contributed by atoms with E-state index in [1.807, 2.05) is 24.3 Å². The van der Waals surface area contributed by atoms with Crippen LogP contribution in [0.4, 0.5) is 5.69 Å². The Hall–Kier alpha value is -2.75.